The summed E-state index contributed by atoms with van der Waals surface area (Å²) in [6.07, 6.45) is 15.1. The first-order valence-corrected chi connectivity index (χ1v) is 11.7. The number of ketones is 1. The minimum absolute atomic E-state index is 0.102. The molecule has 0 saturated heterocycles. The van der Waals surface area contributed by atoms with Crippen LogP contribution in [0, 0.1) is 17.8 Å². The molecule has 1 N–H and O–H groups in total. The highest BCUT2D eigenvalue weighted by Gasteiger charge is 2.35. The third-order valence-corrected chi connectivity index (χ3v) is 5.42. The minimum atomic E-state index is -0.751. The lowest BCUT2D eigenvalue weighted by atomic mass is 9.94. The zero-order valence-electron chi connectivity index (χ0n) is 18.5. The lowest BCUT2D eigenvalue weighted by molar-refractivity contribution is -0.137. The van der Waals surface area contributed by atoms with E-state index in [9.17, 15) is 9.59 Å². The Bertz CT molecular complexity index is 567. The molecule has 0 amide bonds. The number of hydrogen-bond donors (Lipinski definition) is 1. The fraction of sp³-hybridized carbons (Fsp3) is 0.760. The predicted octanol–water partition coefficient (Wildman–Crippen LogP) is 6.09. The van der Waals surface area contributed by atoms with Crippen molar-refractivity contribution in [3.05, 3.63) is 11.6 Å². The highest BCUT2D eigenvalue weighted by atomic mass is 16.5. The van der Waals surface area contributed by atoms with Crippen LogP contribution < -0.4 is 0 Å². The van der Waals surface area contributed by atoms with E-state index in [1.165, 1.54) is 32.1 Å². The number of hydrogen-bond acceptors (Lipinski definition) is 3. The standard InChI is InChI=1S/C25H40O4/c1-3-5-7-9-10-12-16-21-20-23(26)22(17-13-8-6-4-2)25(21)29-19-15-11-14-18-24(27)28/h20,22,25H,3-11,13-15,17-19H2,1-2H3,(H,27,28). The monoisotopic (exact) mass is 404 g/mol. The van der Waals surface area contributed by atoms with Gasteiger partial charge in [-0.05, 0) is 31.8 Å². The van der Waals surface area contributed by atoms with Crippen molar-refractivity contribution in [1.29, 1.82) is 0 Å². The maximum absolute atomic E-state index is 12.6. The van der Waals surface area contributed by atoms with Gasteiger partial charge in [0.2, 0.25) is 0 Å². The first-order valence-electron chi connectivity index (χ1n) is 11.7. The Morgan fingerprint density at radius 2 is 1.69 bits per heavy atom. The minimum Gasteiger partial charge on any atom is -0.481 e. The van der Waals surface area contributed by atoms with Gasteiger partial charge in [0, 0.05) is 25.0 Å². The molecule has 2 atom stereocenters. The van der Waals surface area contributed by atoms with Crippen molar-refractivity contribution >= 4 is 11.8 Å². The van der Waals surface area contributed by atoms with E-state index in [-0.39, 0.29) is 24.2 Å². The molecule has 0 fully saturated rings. The number of carboxylic acid groups (broad SMARTS) is 1. The highest BCUT2D eigenvalue weighted by molar-refractivity contribution is 5.97. The number of aliphatic carboxylic acids is 1. The van der Waals surface area contributed by atoms with Gasteiger partial charge in [0.15, 0.2) is 5.78 Å². The van der Waals surface area contributed by atoms with Gasteiger partial charge in [-0.2, -0.15) is 0 Å². The Morgan fingerprint density at radius 3 is 2.38 bits per heavy atom. The maximum Gasteiger partial charge on any atom is 0.303 e. The second kappa shape index (κ2) is 16.2. The number of ether oxygens (including phenoxy) is 1. The van der Waals surface area contributed by atoms with E-state index >= 15 is 0 Å². The summed E-state index contributed by atoms with van der Waals surface area (Å²) in [5, 5.41) is 8.72. The predicted molar refractivity (Wildman–Crippen MR) is 118 cm³/mol. The summed E-state index contributed by atoms with van der Waals surface area (Å²) in [5.74, 6) is 5.77. The average molecular weight is 405 g/mol. The number of allylic oxidation sites excluding steroid dienone is 1. The van der Waals surface area contributed by atoms with Crippen molar-refractivity contribution in [3.8, 4) is 11.8 Å². The SMILES string of the molecule is CCCCCCC#CC1=CC(=O)C(CCCCCC)C1OCCCCCC(=O)O. The van der Waals surface area contributed by atoms with E-state index in [0.29, 0.717) is 13.0 Å². The van der Waals surface area contributed by atoms with Gasteiger partial charge in [0.05, 0.1) is 5.92 Å². The molecule has 0 bridgehead atoms. The highest BCUT2D eigenvalue weighted by Crippen LogP contribution is 2.30. The van der Waals surface area contributed by atoms with Crippen LogP contribution in [-0.2, 0) is 14.3 Å². The molecule has 0 radical (unpaired) electrons. The van der Waals surface area contributed by atoms with Crippen molar-refractivity contribution in [1.82, 2.24) is 0 Å². The first-order chi connectivity index (χ1) is 14.1. The largest absolute Gasteiger partial charge is 0.481 e. The molecule has 1 rings (SSSR count). The van der Waals surface area contributed by atoms with E-state index in [4.69, 9.17) is 9.84 Å². The topological polar surface area (TPSA) is 63.6 Å². The van der Waals surface area contributed by atoms with Crippen LogP contribution >= 0.6 is 0 Å². The van der Waals surface area contributed by atoms with Crippen LogP contribution in [0.3, 0.4) is 0 Å². The van der Waals surface area contributed by atoms with Crippen LogP contribution in [0.1, 0.15) is 104 Å². The maximum atomic E-state index is 12.6. The molecule has 0 saturated carbocycles. The number of carboxylic acids is 1. The normalized spacial score (nSPS) is 18.4. The fourth-order valence-corrected chi connectivity index (χ4v) is 3.68. The van der Waals surface area contributed by atoms with Crippen LogP contribution in [0.4, 0.5) is 0 Å². The molecule has 1 aliphatic carbocycles. The quantitative estimate of drug-likeness (QED) is 0.250. The van der Waals surface area contributed by atoms with Crippen LogP contribution in [0.5, 0.6) is 0 Å². The van der Waals surface area contributed by atoms with Crippen molar-refractivity contribution in [3.63, 3.8) is 0 Å². The zero-order valence-corrected chi connectivity index (χ0v) is 18.5. The Balaban J connectivity index is 2.55. The molecular formula is C25H40O4. The van der Waals surface area contributed by atoms with Gasteiger partial charge in [-0.25, -0.2) is 0 Å². The lowest BCUT2D eigenvalue weighted by Gasteiger charge is -2.21. The summed E-state index contributed by atoms with van der Waals surface area (Å²) in [5.41, 5.74) is 0.844. The van der Waals surface area contributed by atoms with Gasteiger partial charge in [0.1, 0.15) is 6.10 Å². The molecule has 1 aliphatic rings. The molecule has 2 unspecified atom stereocenters. The van der Waals surface area contributed by atoms with Gasteiger partial charge < -0.3 is 9.84 Å². The van der Waals surface area contributed by atoms with Crippen molar-refractivity contribution < 1.29 is 19.4 Å². The Hall–Kier alpha value is -1.60. The third-order valence-electron chi connectivity index (χ3n) is 5.42. The van der Waals surface area contributed by atoms with Crippen LogP contribution in [-0.4, -0.2) is 29.6 Å². The summed E-state index contributed by atoms with van der Waals surface area (Å²) in [4.78, 5) is 23.2. The summed E-state index contributed by atoms with van der Waals surface area (Å²) in [6, 6.07) is 0. The Morgan fingerprint density at radius 1 is 1.00 bits per heavy atom. The van der Waals surface area contributed by atoms with Gasteiger partial charge in [-0.3, -0.25) is 9.59 Å². The van der Waals surface area contributed by atoms with Crippen molar-refractivity contribution in [2.75, 3.05) is 6.61 Å². The van der Waals surface area contributed by atoms with Crippen molar-refractivity contribution in [2.24, 2.45) is 5.92 Å². The molecule has 4 nitrogen and oxygen atoms in total. The fourth-order valence-electron chi connectivity index (χ4n) is 3.68. The molecule has 164 valence electrons. The van der Waals surface area contributed by atoms with Gasteiger partial charge in [0.25, 0.3) is 0 Å². The Labute approximate surface area is 177 Å². The molecule has 0 heterocycles. The van der Waals surface area contributed by atoms with Gasteiger partial charge in [-0.1, -0.05) is 77.1 Å². The summed E-state index contributed by atoms with van der Waals surface area (Å²) < 4.78 is 6.12. The molecule has 0 aromatic carbocycles. The van der Waals surface area contributed by atoms with E-state index < -0.39 is 5.97 Å². The number of carbonyl (C=O) groups is 2. The summed E-state index contributed by atoms with van der Waals surface area (Å²) >= 11 is 0. The van der Waals surface area contributed by atoms with E-state index in [0.717, 1.165) is 50.5 Å². The molecule has 0 spiro atoms. The first kappa shape index (κ1) is 25.4. The van der Waals surface area contributed by atoms with Gasteiger partial charge >= 0.3 is 5.97 Å². The third kappa shape index (κ3) is 11.2. The smallest absolute Gasteiger partial charge is 0.303 e. The number of rotatable bonds is 16. The second-order valence-electron chi connectivity index (χ2n) is 8.07. The number of carbonyl (C=O) groups excluding carboxylic acids is 1. The molecule has 29 heavy (non-hydrogen) atoms. The second-order valence-corrected chi connectivity index (χ2v) is 8.07. The van der Waals surface area contributed by atoms with Crippen LogP contribution in [0.2, 0.25) is 0 Å². The van der Waals surface area contributed by atoms with Gasteiger partial charge in [-0.15, -0.1) is 0 Å². The van der Waals surface area contributed by atoms with E-state index in [2.05, 4.69) is 25.7 Å². The molecule has 0 aliphatic heterocycles. The summed E-state index contributed by atoms with van der Waals surface area (Å²) in [7, 11) is 0. The van der Waals surface area contributed by atoms with E-state index in [1.807, 2.05) is 0 Å². The van der Waals surface area contributed by atoms with Crippen LogP contribution in [0.25, 0.3) is 0 Å². The number of unbranched alkanes of at least 4 members (excludes halogenated alkanes) is 9. The molecular weight excluding hydrogens is 364 g/mol. The molecule has 4 heteroatoms. The van der Waals surface area contributed by atoms with Crippen LogP contribution in [0.15, 0.2) is 11.6 Å². The summed E-state index contributed by atoms with van der Waals surface area (Å²) in [6.45, 7) is 4.94. The molecule has 0 aromatic rings. The van der Waals surface area contributed by atoms with E-state index in [1.54, 1.807) is 6.08 Å². The zero-order chi connectivity index (χ0) is 21.3. The molecule has 0 aromatic heterocycles. The lowest BCUT2D eigenvalue weighted by Crippen LogP contribution is -2.26. The van der Waals surface area contributed by atoms with Crippen molar-refractivity contribution in [2.45, 2.75) is 110 Å². The average Bonchev–Trinajstić information content (AvgIpc) is 2.99. The Kier molecular flexibility index (Phi) is 14.2.